The van der Waals surface area contributed by atoms with Gasteiger partial charge < -0.3 is 0 Å². The van der Waals surface area contributed by atoms with Gasteiger partial charge in [-0.15, -0.1) is 0 Å². The number of hydrogen-bond acceptors (Lipinski definition) is 2. The highest BCUT2D eigenvalue weighted by atomic mass is 16.2. The molecule has 1 saturated carbocycles. The molecule has 3 rings (SSSR count). The maximum Gasteiger partial charge on any atom is 0.234 e. The highest BCUT2D eigenvalue weighted by molar-refractivity contribution is 6.01. The summed E-state index contributed by atoms with van der Waals surface area (Å²) < 4.78 is 0. The van der Waals surface area contributed by atoms with E-state index in [0.717, 1.165) is 18.4 Å². The number of piperidine rings is 1. The van der Waals surface area contributed by atoms with Gasteiger partial charge in [-0.3, -0.25) is 14.9 Å². The number of rotatable bonds is 2. The van der Waals surface area contributed by atoms with Crippen molar-refractivity contribution in [1.29, 1.82) is 0 Å². The molecule has 1 aliphatic carbocycles. The Morgan fingerprint density at radius 1 is 1.10 bits per heavy atom. The molecule has 1 aliphatic heterocycles. The summed E-state index contributed by atoms with van der Waals surface area (Å²) in [4.78, 5) is 24.3. The summed E-state index contributed by atoms with van der Waals surface area (Å²) in [5, 5.41) is 2.53. The number of nitrogens with one attached hydrogen (secondary N) is 1. The summed E-state index contributed by atoms with van der Waals surface area (Å²) >= 11 is 0. The molecular formula is C18H23NO2. The van der Waals surface area contributed by atoms with Crippen molar-refractivity contribution in [2.24, 2.45) is 17.8 Å². The molecule has 3 nitrogen and oxygen atoms in total. The van der Waals surface area contributed by atoms with Crippen LogP contribution in [0, 0.1) is 17.8 Å². The van der Waals surface area contributed by atoms with Crippen molar-refractivity contribution in [3.05, 3.63) is 35.9 Å². The van der Waals surface area contributed by atoms with Gasteiger partial charge in [0.25, 0.3) is 0 Å². The van der Waals surface area contributed by atoms with Crippen LogP contribution in [-0.4, -0.2) is 11.8 Å². The number of hydrogen-bond donors (Lipinski definition) is 1. The molecule has 1 aromatic carbocycles. The Balaban J connectivity index is 1.89. The largest absolute Gasteiger partial charge is 0.296 e. The van der Waals surface area contributed by atoms with Crippen LogP contribution in [0.3, 0.4) is 0 Å². The van der Waals surface area contributed by atoms with Gasteiger partial charge in [0.05, 0.1) is 5.92 Å². The van der Waals surface area contributed by atoms with Crippen LogP contribution in [0.15, 0.2) is 30.3 Å². The molecule has 2 amide bonds. The molecule has 0 aromatic heterocycles. The van der Waals surface area contributed by atoms with Crippen LogP contribution >= 0.6 is 0 Å². The number of carbonyl (C=O) groups excluding carboxylic acids is 2. The van der Waals surface area contributed by atoms with E-state index >= 15 is 0 Å². The maximum atomic E-state index is 12.4. The van der Waals surface area contributed by atoms with Gasteiger partial charge in [0.2, 0.25) is 11.8 Å². The molecule has 1 saturated heterocycles. The van der Waals surface area contributed by atoms with Gasteiger partial charge in [-0.05, 0) is 29.7 Å². The van der Waals surface area contributed by atoms with E-state index in [1.54, 1.807) is 0 Å². The predicted octanol–water partition coefficient (Wildman–Crippen LogP) is 3.26. The van der Waals surface area contributed by atoms with E-state index < -0.39 is 0 Å². The van der Waals surface area contributed by atoms with Crippen molar-refractivity contribution >= 4 is 11.8 Å². The topological polar surface area (TPSA) is 46.2 Å². The lowest BCUT2D eigenvalue weighted by atomic mass is 9.67. The lowest BCUT2D eigenvalue weighted by molar-refractivity contribution is -0.137. The second kappa shape index (κ2) is 6.00. The third-order valence-electron chi connectivity index (χ3n) is 5.14. The first-order valence-corrected chi connectivity index (χ1v) is 8.04. The zero-order valence-electron chi connectivity index (χ0n) is 12.5. The van der Waals surface area contributed by atoms with Crippen LogP contribution in [0.4, 0.5) is 0 Å². The van der Waals surface area contributed by atoms with E-state index in [4.69, 9.17) is 0 Å². The number of carbonyl (C=O) groups is 2. The Bertz CT molecular complexity index is 525. The van der Waals surface area contributed by atoms with Crippen molar-refractivity contribution in [3.63, 3.8) is 0 Å². The fourth-order valence-corrected chi connectivity index (χ4v) is 4.16. The SMILES string of the molecule is CC1CCCC(C2CC(=O)NC(=O)C2c2ccccc2)C1. The zero-order valence-corrected chi connectivity index (χ0v) is 12.5. The fourth-order valence-electron chi connectivity index (χ4n) is 4.16. The van der Waals surface area contributed by atoms with Gasteiger partial charge in [-0.2, -0.15) is 0 Å². The van der Waals surface area contributed by atoms with Gasteiger partial charge in [-0.1, -0.05) is 56.5 Å². The molecule has 4 unspecified atom stereocenters. The van der Waals surface area contributed by atoms with E-state index in [1.807, 2.05) is 30.3 Å². The number of imide groups is 1. The zero-order chi connectivity index (χ0) is 14.8. The first-order chi connectivity index (χ1) is 10.1. The first-order valence-electron chi connectivity index (χ1n) is 8.04. The Kier molecular flexibility index (Phi) is 4.09. The van der Waals surface area contributed by atoms with Crippen molar-refractivity contribution in [2.75, 3.05) is 0 Å². The average molecular weight is 285 g/mol. The fraction of sp³-hybridized carbons (Fsp3) is 0.556. The summed E-state index contributed by atoms with van der Waals surface area (Å²) in [5.74, 6) is 0.987. The minimum atomic E-state index is -0.167. The Morgan fingerprint density at radius 3 is 2.57 bits per heavy atom. The first kappa shape index (κ1) is 14.3. The van der Waals surface area contributed by atoms with Gasteiger partial charge in [0, 0.05) is 6.42 Å². The van der Waals surface area contributed by atoms with Crippen LogP contribution in [0.1, 0.15) is 50.5 Å². The third kappa shape index (κ3) is 3.02. The molecule has 1 N–H and O–H groups in total. The number of benzene rings is 1. The second-order valence-corrected chi connectivity index (χ2v) is 6.70. The van der Waals surface area contributed by atoms with Crippen LogP contribution in [0.2, 0.25) is 0 Å². The van der Waals surface area contributed by atoms with Gasteiger partial charge >= 0.3 is 0 Å². The predicted molar refractivity (Wildman–Crippen MR) is 81.6 cm³/mol. The highest BCUT2D eigenvalue weighted by Gasteiger charge is 2.41. The van der Waals surface area contributed by atoms with Crippen molar-refractivity contribution < 1.29 is 9.59 Å². The minimum absolute atomic E-state index is 0.101. The molecule has 3 heteroatoms. The van der Waals surface area contributed by atoms with Crippen LogP contribution in [0.5, 0.6) is 0 Å². The van der Waals surface area contributed by atoms with Crippen LogP contribution < -0.4 is 5.32 Å². The maximum absolute atomic E-state index is 12.4. The molecule has 112 valence electrons. The van der Waals surface area contributed by atoms with Gasteiger partial charge in [0.15, 0.2) is 0 Å². The summed E-state index contributed by atoms with van der Waals surface area (Å²) in [7, 11) is 0. The lowest BCUT2D eigenvalue weighted by Gasteiger charge is -2.39. The van der Waals surface area contributed by atoms with E-state index in [1.165, 1.54) is 12.8 Å². The van der Waals surface area contributed by atoms with Gasteiger partial charge in [0.1, 0.15) is 0 Å². The van der Waals surface area contributed by atoms with E-state index in [9.17, 15) is 9.59 Å². The van der Waals surface area contributed by atoms with E-state index in [-0.39, 0.29) is 23.7 Å². The summed E-state index contributed by atoms with van der Waals surface area (Å²) in [6, 6.07) is 9.94. The summed E-state index contributed by atoms with van der Waals surface area (Å²) in [6.07, 6.45) is 5.29. The normalized spacial score (nSPS) is 33.6. The molecule has 4 atom stereocenters. The molecule has 1 heterocycles. The molecule has 21 heavy (non-hydrogen) atoms. The smallest absolute Gasteiger partial charge is 0.234 e. The summed E-state index contributed by atoms with van der Waals surface area (Å²) in [5.41, 5.74) is 1.05. The molecular weight excluding hydrogens is 262 g/mol. The van der Waals surface area contributed by atoms with Crippen LogP contribution in [-0.2, 0) is 9.59 Å². The molecule has 1 aromatic rings. The molecule has 0 radical (unpaired) electrons. The standard InChI is InChI=1S/C18H23NO2/c1-12-6-5-9-14(10-12)15-11-16(20)19-18(21)17(15)13-7-3-2-4-8-13/h2-4,7-8,12,14-15,17H,5-6,9-11H2,1H3,(H,19,20,21). The highest BCUT2D eigenvalue weighted by Crippen LogP contribution is 2.43. The molecule has 2 aliphatic rings. The van der Waals surface area contributed by atoms with Crippen LogP contribution in [0.25, 0.3) is 0 Å². The Labute approximate surface area is 126 Å². The van der Waals surface area contributed by atoms with Crippen molar-refractivity contribution in [3.8, 4) is 0 Å². The monoisotopic (exact) mass is 285 g/mol. The van der Waals surface area contributed by atoms with Crippen molar-refractivity contribution in [2.45, 2.75) is 44.9 Å². The van der Waals surface area contributed by atoms with Gasteiger partial charge in [-0.25, -0.2) is 0 Å². The molecule has 2 fully saturated rings. The second-order valence-electron chi connectivity index (χ2n) is 6.70. The molecule has 0 spiro atoms. The third-order valence-corrected chi connectivity index (χ3v) is 5.14. The quantitative estimate of drug-likeness (QED) is 0.848. The van der Waals surface area contributed by atoms with E-state index in [2.05, 4.69) is 12.2 Å². The summed E-state index contributed by atoms with van der Waals surface area (Å²) in [6.45, 7) is 2.29. The minimum Gasteiger partial charge on any atom is -0.296 e. The van der Waals surface area contributed by atoms with Crippen molar-refractivity contribution in [1.82, 2.24) is 5.32 Å². The average Bonchev–Trinajstić information content (AvgIpc) is 2.47. The Morgan fingerprint density at radius 2 is 1.86 bits per heavy atom. The number of amides is 2. The Hall–Kier alpha value is -1.64. The molecule has 0 bridgehead atoms. The lowest BCUT2D eigenvalue weighted by Crippen LogP contribution is -2.47. The van der Waals surface area contributed by atoms with E-state index in [0.29, 0.717) is 18.3 Å².